The Kier molecular flexibility index (Phi) is 11.4. The van der Waals surface area contributed by atoms with Crippen molar-refractivity contribution in [1.29, 1.82) is 5.26 Å². The van der Waals surface area contributed by atoms with Crippen LogP contribution in [0.1, 0.15) is 94.7 Å². The number of para-hydroxylation sites is 2. The summed E-state index contributed by atoms with van der Waals surface area (Å²) in [6.45, 7) is 4.61. The quantitative estimate of drug-likeness (QED) is 0.0921. The molecule has 0 saturated heterocycles. The average molecular weight is 747 g/mol. The molecule has 1 heterocycles. The van der Waals surface area contributed by atoms with Crippen molar-refractivity contribution >= 4 is 17.1 Å². The second-order valence-electron chi connectivity index (χ2n) is 15.4. The van der Waals surface area contributed by atoms with Crippen LogP contribution < -0.4 is 4.90 Å². The molecule has 57 heavy (non-hydrogen) atoms. The Balaban J connectivity index is 1.18. The van der Waals surface area contributed by atoms with Crippen LogP contribution in [0, 0.1) is 11.3 Å². The summed E-state index contributed by atoms with van der Waals surface area (Å²) in [4.78, 5) is 2.41. The van der Waals surface area contributed by atoms with Crippen LogP contribution in [-0.2, 0) is 5.41 Å². The highest BCUT2D eigenvalue weighted by atomic mass is 16.4. The second-order valence-corrected chi connectivity index (χ2v) is 15.4. The first kappa shape index (κ1) is 37.7. The zero-order chi connectivity index (χ0) is 39.0. The maximum absolute atomic E-state index is 9.17. The molecule has 0 radical (unpaired) electrons. The summed E-state index contributed by atoms with van der Waals surface area (Å²) in [6, 6.07) is 53.8. The lowest BCUT2D eigenvalue weighted by Gasteiger charge is -2.34. The lowest BCUT2D eigenvalue weighted by Crippen LogP contribution is -2.26. The highest BCUT2D eigenvalue weighted by Crippen LogP contribution is 2.56. The number of rotatable bonds is 16. The van der Waals surface area contributed by atoms with Gasteiger partial charge in [0.1, 0.15) is 0 Å². The van der Waals surface area contributed by atoms with Crippen molar-refractivity contribution in [3.8, 4) is 51.2 Å². The minimum atomic E-state index is -0.0806. The van der Waals surface area contributed by atoms with E-state index in [1.54, 1.807) is 12.1 Å². The van der Waals surface area contributed by atoms with Gasteiger partial charge >= 0.3 is 0 Å². The van der Waals surface area contributed by atoms with Crippen molar-refractivity contribution in [2.45, 2.75) is 83.5 Å². The van der Waals surface area contributed by atoms with Gasteiger partial charge in [-0.1, -0.05) is 132 Å². The van der Waals surface area contributed by atoms with E-state index in [0.29, 0.717) is 17.3 Å². The molecule has 0 bridgehead atoms. The maximum Gasteiger partial charge on any atom is 0.248 e. The van der Waals surface area contributed by atoms with E-state index in [1.165, 1.54) is 84.9 Å². The molecule has 1 aliphatic rings. The van der Waals surface area contributed by atoms with Crippen LogP contribution >= 0.6 is 0 Å². The topological polar surface area (TPSA) is 66.0 Å². The monoisotopic (exact) mass is 746 g/mol. The Hall–Kier alpha value is -6.25. The molecule has 5 heteroatoms. The highest BCUT2D eigenvalue weighted by Gasteiger charge is 2.43. The number of nitrogens with zero attached hydrogens (tertiary/aromatic N) is 4. The predicted octanol–water partition coefficient (Wildman–Crippen LogP) is 14.6. The van der Waals surface area contributed by atoms with Gasteiger partial charge in [-0.3, -0.25) is 0 Å². The summed E-state index contributed by atoms with van der Waals surface area (Å²) in [6.07, 6.45) is 12.2. The molecule has 5 nitrogen and oxygen atoms in total. The molecule has 0 amide bonds. The molecular formula is C52H50N4O. The van der Waals surface area contributed by atoms with Gasteiger partial charge in [0.15, 0.2) is 0 Å². The molecule has 1 aromatic heterocycles. The number of nitriles is 1. The van der Waals surface area contributed by atoms with E-state index < -0.39 is 0 Å². The Bertz CT molecular complexity index is 2390. The largest absolute Gasteiger partial charge is 0.416 e. The number of hydrogen-bond donors (Lipinski definition) is 0. The van der Waals surface area contributed by atoms with Gasteiger partial charge in [0.05, 0.1) is 11.6 Å². The van der Waals surface area contributed by atoms with Gasteiger partial charge in [-0.2, -0.15) is 5.26 Å². The van der Waals surface area contributed by atoms with Crippen LogP contribution in [0.25, 0.3) is 45.2 Å². The van der Waals surface area contributed by atoms with Gasteiger partial charge in [0.25, 0.3) is 0 Å². The van der Waals surface area contributed by atoms with Crippen molar-refractivity contribution in [3.05, 3.63) is 162 Å². The number of hydrogen-bond acceptors (Lipinski definition) is 5. The summed E-state index contributed by atoms with van der Waals surface area (Å²) in [5, 5.41) is 17.8. The third-order valence-electron chi connectivity index (χ3n) is 11.7. The second kappa shape index (κ2) is 17.3. The summed E-state index contributed by atoms with van der Waals surface area (Å²) in [5.41, 5.74) is 13.8. The van der Waals surface area contributed by atoms with Crippen molar-refractivity contribution < 1.29 is 4.42 Å². The smallest absolute Gasteiger partial charge is 0.248 e. The van der Waals surface area contributed by atoms with Gasteiger partial charge in [-0.15, -0.1) is 10.2 Å². The van der Waals surface area contributed by atoms with Gasteiger partial charge in [-0.25, -0.2) is 0 Å². The normalized spacial score (nSPS) is 12.5. The standard InChI is InChI=1S/C52H50N4O/c1-3-5-7-15-33-52(34-16-8-6-4-2)48-35-42(39-25-27-41(28-26-39)51-55-54-50(57-51)40-23-21-38(37-53)22-24-40)29-31-46(48)47-32-30-45(36-49(47)52)56(43-17-11-9-12-18-43)44-19-13-10-14-20-44/h9-14,17-32,35-36H,3-8,15-16,33-34H2,1-2H3. The summed E-state index contributed by atoms with van der Waals surface area (Å²) in [5.74, 6) is 0.907. The van der Waals surface area contributed by atoms with Gasteiger partial charge in [0, 0.05) is 33.6 Å². The van der Waals surface area contributed by atoms with Crippen molar-refractivity contribution in [2.24, 2.45) is 0 Å². The first-order chi connectivity index (χ1) is 28.1. The van der Waals surface area contributed by atoms with E-state index >= 15 is 0 Å². The molecule has 284 valence electrons. The van der Waals surface area contributed by atoms with Gasteiger partial charge in [-0.05, 0) is 125 Å². The van der Waals surface area contributed by atoms with Crippen molar-refractivity contribution in [3.63, 3.8) is 0 Å². The van der Waals surface area contributed by atoms with Crippen LogP contribution in [0.3, 0.4) is 0 Å². The maximum atomic E-state index is 9.17. The lowest BCUT2D eigenvalue weighted by molar-refractivity contribution is 0.401. The Morgan fingerprint density at radius 2 is 1.00 bits per heavy atom. The summed E-state index contributed by atoms with van der Waals surface area (Å²) in [7, 11) is 0. The highest BCUT2D eigenvalue weighted by molar-refractivity contribution is 5.87. The molecule has 0 fully saturated rings. The average Bonchev–Trinajstić information content (AvgIpc) is 3.87. The first-order valence-corrected chi connectivity index (χ1v) is 20.8. The molecule has 8 rings (SSSR count). The predicted molar refractivity (Wildman–Crippen MR) is 234 cm³/mol. The minimum absolute atomic E-state index is 0.0806. The van der Waals surface area contributed by atoms with E-state index in [4.69, 9.17) is 4.42 Å². The molecule has 0 aliphatic heterocycles. The van der Waals surface area contributed by atoms with Crippen LogP contribution in [0.15, 0.2) is 150 Å². The summed E-state index contributed by atoms with van der Waals surface area (Å²) >= 11 is 0. The lowest BCUT2D eigenvalue weighted by atomic mass is 9.70. The molecule has 0 unspecified atom stereocenters. The van der Waals surface area contributed by atoms with Crippen LogP contribution in [0.4, 0.5) is 17.1 Å². The first-order valence-electron chi connectivity index (χ1n) is 20.8. The van der Waals surface area contributed by atoms with Crippen LogP contribution in [-0.4, -0.2) is 10.2 Å². The van der Waals surface area contributed by atoms with Crippen LogP contribution in [0.2, 0.25) is 0 Å². The third kappa shape index (κ3) is 7.78. The number of anilines is 3. The fraction of sp³-hybridized carbons (Fsp3) is 0.250. The molecular weight excluding hydrogens is 697 g/mol. The fourth-order valence-electron chi connectivity index (χ4n) is 8.72. The minimum Gasteiger partial charge on any atom is -0.416 e. The van der Waals surface area contributed by atoms with E-state index in [9.17, 15) is 5.26 Å². The Morgan fingerprint density at radius 1 is 0.509 bits per heavy atom. The van der Waals surface area contributed by atoms with Crippen molar-refractivity contribution in [1.82, 2.24) is 10.2 Å². The number of fused-ring (bicyclic) bond motifs is 3. The molecule has 0 spiro atoms. The number of unbranched alkanes of at least 4 members (excludes halogenated alkanes) is 6. The molecule has 0 N–H and O–H groups in total. The molecule has 6 aromatic carbocycles. The number of benzene rings is 6. The molecule has 7 aromatic rings. The molecule has 1 aliphatic carbocycles. The SMILES string of the molecule is CCCCCCC1(CCCCCC)c2cc(-c3ccc(-c4nnc(-c5ccc(C#N)cc5)o4)cc3)ccc2-c2ccc(N(c3ccccc3)c3ccccc3)cc21. The molecule has 0 saturated carbocycles. The van der Waals surface area contributed by atoms with E-state index in [1.807, 2.05) is 12.1 Å². The fourth-order valence-corrected chi connectivity index (χ4v) is 8.72. The van der Waals surface area contributed by atoms with E-state index in [2.05, 4.69) is 156 Å². The van der Waals surface area contributed by atoms with Crippen LogP contribution in [0.5, 0.6) is 0 Å². The zero-order valence-electron chi connectivity index (χ0n) is 33.1. The summed E-state index contributed by atoms with van der Waals surface area (Å²) < 4.78 is 6.08. The zero-order valence-corrected chi connectivity index (χ0v) is 33.1. The van der Waals surface area contributed by atoms with E-state index in [-0.39, 0.29) is 5.41 Å². The Morgan fingerprint density at radius 3 is 1.54 bits per heavy atom. The van der Waals surface area contributed by atoms with Crippen molar-refractivity contribution in [2.75, 3.05) is 4.90 Å². The van der Waals surface area contributed by atoms with E-state index in [0.717, 1.165) is 40.9 Å². The third-order valence-corrected chi connectivity index (χ3v) is 11.7. The Labute approximate surface area is 337 Å². The van der Waals surface area contributed by atoms with Gasteiger partial charge < -0.3 is 9.32 Å². The molecule has 0 atom stereocenters. The van der Waals surface area contributed by atoms with Gasteiger partial charge in [0.2, 0.25) is 11.8 Å². The number of aromatic nitrogens is 2.